The molecule has 2 N–H and O–H groups in total. The van der Waals surface area contributed by atoms with Gasteiger partial charge in [0.05, 0.1) is 7.11 Å². The first-order valence-electron chi connectivity index (χ1n) is 3.54. The van der Waals surface area contributed by atoms with Crippen molar-refractivity contribution in [3.05, 3.63) is 0 Å². The van der Waals surface area contributed by atoms with E-state index >= 15 is 0 Å². The second-order valence-electron chi connectivity index (χ2n) is 2.88. The number of carbonyl (C=O) groups excluding carboxylic acids is 1. The van der Waals surface area contributed by atoms with Crippen molar-refractivity contribution in [3.8, 4) is 0 Å². The summed E-state index contributed by atoms with van der Waals surface area (Å²) in [6.07, 6.45) is 2.51. The molecule has 0 unspecified atom stereocenters. The molecule has 4 heteroatoms. The van der Waals surface area contributed by atoms with Crippen LogP contribution in [0.15, 0.2) is 0 Å². The number of esters is 1. The lowest BCUT2D eigenvalue weighted by Crippen LogP contribution is -2.37. The van der Waals surface area contributed by atoms with Gasteiger partial charge in [0.1, 0.15) is 0 Å². The predicted molar refractivity (Wildman–Crippen MR) is 44.6 cm³/mol. The van der Waals surface area contributed by atoms with Crippen LogP contribution in [0.25, 0.3) is 0 Å². The number of carbonyl (C=O) groups is 1. The zero-order chi connectivity index (χ0) is 7.56. The van der Waals surface area contributed by atoms with Gasteiger partial charge in [0.15, 0.2) is 0 Å². The quantitative estimate of drug-likeness (QED) is 0.636. The van der Waals surface area contributed by atoms with Gasteiger partial charge < -0.3 is 10.5 Å². The Labute approximate surface area is 72.7 Å². The smallest absolute Gasteiger partial charge is 0.305 e. The summed E-state index contributed by atoms with van der Waals surface area (Å²) in [4.78, 5) is 10.7. The fourth-order valence-electron chi connectivity index (χ4n) is 1.27. The van der Waals surface area contributed by atoms with Gasteiger partial charge in [-0.05, 0) is 18.8 Å². The second kappa shape index (κ2) is 4.57. The van der Waals surface area contributed by atoms with Crippen LogP contribution in [-0.4, -0.2) is 19.1 Å². The van der Waals surface area contributed by atoms with Gasteiger partial charge in [-0.3, -0.25) is 4.79 Å². The van der Waals surface area contributed by atoms with Crippen LogP contribution in [0, 0.1) is 5.92 Å². The first kappa shape index (κ1) is 10.7. The summed E-state index contributed by atoms with van der Waals surface area (Å²) in [7, 11) is 1.42. The van der Waals surface area contributed by atoms with E-state index in [1.165, 1.54) is 7.11 Å². The molecule has 1 fully saturated rings. The van der Waals surface area contributed by atoms with Crippen LogP contribution in [0.1, 0.15) is 19.3 Å². The molecule has 0 radical (unpaired) electrons. The number of nitrogens with two attached hydrogens (primary N) is 1. The van der Waals surface area contributed by atoms with Crippen LogP contribution in [0.3, 0.4) is 0 Å². The Kier molecular flexibility index (Phi) is 4.45. The van der Waals surface area contributed by atoms with Crippen LogP contribution in [0.4, 0.5) is 0 Å². The van der Waals surface area contributed by atoms with Gasteiger partial charge in [-0.1, -0.05) is 0 Å². The zero-order valence-corrected chi connectivity index (χ0v) is 7.39. The summed E-state index contributed by atoms with van der Waals surface area (Å²) in [5, 5.41) is 0. The molecule has 0 aromatic carbocycles. The number of methoxy groups -OCH3 is 1. The molecule has 1 rings (SSSR count). The molecule has 1 aliphatic carbocycles. The largest absolute Gasteiger partial charge is 0.469 e. The third-order valence-corrected chi connectivity index (χ3v) is 1.96. The second-order valence-corrected chi connectivity index (χ2v) is 2.88. The summed E-state index contributed by atoms with van der Waals surface area (Å²) in [5.74, 6) is 0.374. The van der Waals surface area contributed by atoms with Crippen molar-refractivity contribution in [2.75, 3.05) is 7.11 Å². The molecule has 0 heterocycles. The van der Waals surface area contributed by atoms with Crippen molar-refractivity contribution in [3.63, 3.8) is 0 Å². The number of ether oxygens (including phenoxy) is 1. The third kappa shape index (κ3) is 3.08. The molecule has 0 bridgehead atoms. The van der Waals surface area contributed by atoms with Crippen molar-refractivity contribution < 1.29 is 9.53 Å². The maximum absolute atomic E-state index is 10.7. The highest BCUT2D eigenvalue weighted by molar-refractivity contribution is 5.85. The van der Waals surface area contributed by atoms with E-state index in [1.54, 1.807) is 0 Å². The molecule has 0 aliphatic heterocycles. The van der Waals surface area contributed by atoms with E-state index < -0.39 is 0 Å². The SMILES string of the molecule is COC(=O)CC1CC(N)C1.Cl. The highest BCUT2D eigenvalue weighted by Gasteiger charge is 2.27. The van der Waals surface area contributed by atoms with E-state index in [4.69, 9.17) is 5.73 Å². The van der Waals surface area contributed by atoms with Crippen molar-refractivity contribution in [1.82, 2.24) is 0 Å². The molecule has 0 saturated heterocycles. The lowest BCUT2D eigenvalue weighted by molar-refractivity contribution is -0.142. The molecular weight excluding hydrogens is 166 g/mol. The van der Waals surface area contributed by atoms with Crippen LogP contribution in [0.2, 0.25) is 0 Å². The summed E-state index contributed by atoms with van der Waals surface area (Å²) in [6.45, 7) is 0. The fourth-order valence-corrected chi connectivity index (χ4v) is 1.27. The number of halogens is 1. The Morgan fingerprint density at radius 2 is 2.18 bits per heavy atom. The number of hydrogen-bond donors (Lipinski definition) is 1. The average molecular weight is 180 g/mol. The van der Waals surface area contributed by atoms with E-state index in [2.05, 4.69) is 4.74 Å². The molecule has 3 nitrogen and oxygen atoms in total. The topological polar surface area (TPSA) is 52.3 Å². The monoisotopic (exact) mass is 179 g/mol. The Hall–Kier alpha value is -0.280. The molecule has 1 saturated carbocycles. The lowest BCUT2D eigenvalue weighted by Gasteiger charge is -2.31. The van der Waals surface area contributed by atoms with Crippen LogP contribution >= 0.6 is 12.4 Å². The molecule has 1 aliphatic rings. The standard InChI is InChI=1S/C7H13NO2.ClH/c1-10-7(9)4-5-2-6(8)3-5;/h5-6H,2-4,8H2,1H3;1H. The lowest BCUT2D eigenvalue weighted by atomic mass is 9.79. The average Bonchev–Trinajstić information content (AvgIpc) is 1.84. The van der Waals surface area contributed by atoms with Gasteiger partial charge in [-0.15, -0.1) is 12.4 Å². The highest BCUT2D eigenvalue weighted by Crippen LogP contribution is 2.28. The van der Waals surface area contributed by atoms with E-state index in [1.807, 2.05) is 0 Å². The Morgan fingerprint density at radius 3 is 2.55 bits per heavy atom. The number of rotatable bonds is 2. The Bertz CT molecular complexity index is 134. The molecular formula is C7H14ClNO2. The summed E-state index contributed by atoms with van der Waals surface area (Å²) in [6, 6.07) is 0.328. The first-order chi connectivity index (χ1) is 4.72. The fraction of sp³-hybridized carbons (Fsp3) is 0.857. The maximum Gasteiger partial charge on any atom is 0.305 e. The Balaban J connectivity index is 0.000001000. The van der Waals surface area contributed by atoms with E-state index in [-0.39, 0.29) is 18.4 Å². The molecule has 0 aromatic heterocycles. The van der Waals surface area contributed by atoms with Crippen LogP contribution in [-0.2, 0) is 9.53 Å². The minimum Gasteiger partial charge on any atom is -0.469 e. The minimum atomic E-state index is -0.114. The van der Waals surface area contributed by atoms with Gasteiger partial charge in [0.25, 0.3) is 0 Å². The van der Waals surface area contributed by atoms with Gasteiger partial charge >= 0.3 is 5.97 Å². The van der Waals surface area contributed by atoms with E-state index in [0.29, 0.717) is 18.4 Å². The summed E-state index contributed by atoms with van der Waals surface area (Å²) >= 11 is 0. The normalized spacial score (nSPS) is 28.2. The van der Waals surface area contributed by atoms with Gasteiger partial charge in [-0.2, -0.15) is 0 Å². The van der Waals surface area contributed by atoms with Crippen molar-refractivity contribution in [1.29, 1.82) is 0 Å². The summed E-state index contributed by atoms with van der Waals surface area (Å²) < 4.78 is 4.51. The molecule has 0 aromatic rings. The van der Waals surface area contributed by atoms with Gasteiger partial charge in [-0.25, -0.2) is 0 Å². The zero-order valence-electron chi connectivity index (χ0n) is 6.58. The molecule has 0 atom stereocenters. The number of hydrogen-bond acceptors (Lipinski definition) is 3. The van der Waals surface area contributed by atoms with Crippen molar-refractivity contribution in [2.45, 2.75) is 25.3 Å². The van der Waals surface area contributed by atoms with Gasteiger partial charge in [0.2, 0.25) is 0 Å². The van der Waals surface area contributed by atoms with Crippen LogP contribution in [0.5, 0.6) is 0 Å². The highest BCUT2D eigenvalue weighted by atomic mass is 35.5. The van der Waals surface area contributed by atoms with Crippen molar-refractivity contribution >= 4 is 18.4 Å². The predicted octanol–water partition coefficient (Wildman–Crippen LogP) is 0.709. The maximum atomic E-state index is 10.7. The molecule has 66 valence electrons. The van der Waals surface area contributed by atoms with Crippen molar-refractivity contribution in [2.24, 2.45) is 11.7 Å². The Morgan fingerprint density at radius 1 is 1.64 bits per heavy atom. The molecule has 0 amide bonds. The summed E-state index contributed by atoms with van der Waals surface area (Å²) in [5.41, 5.74) is 5.53. The van der Waals surface area contributed by atoms with Gasteiger partial charge in [0, 0.05) is 12.5 Å². The van der Waals surface area contributed by atoms with E-state index in [0.717, 1.165) is 12.8 Å². The minimum absolute atomic E-state index is 0. The molecule has 11 heavy (non-hydrogen) atoms. The van der Waals surface area contributed by atoms with E-state index in [9.17, 15) is 4.79 Å². The molecule has 0 spiro atoms. The first-order valence-corrected chi connectivity index (χ1v) is 3.54. The van der Waals surface area contributed by atoms with Crippen LogP contribution < -0.4 is 5.73 Å². The third-order valence-electron chi connectivity index (χ3n) is 1.96.